The number of amides is 2. The number of rotatable bonds is 8. The maximum absolute atomic E-state index is 12.4. The lowest BCUT2D eigenvalue weighted by atomic mass is 9.97. The average Bonchev–Trinajstić information content (AvgIpc) is 3.18. The van der Waals surface area contributed by atoms with Crippen molar-refractivity contribution in [1.29, 1.82) is 0 Å². The third-order valence-electron chi connectivity index (χ3n) is 4.99. The van der Waals surface area contributed by atoms with Crippen LogP contribution in [0.2, 0.25) is 0 Å². The molecule has 0 aliphatic carbocycles. The molecule has 2 amide bonds. The zero-order chi connectivity index (χ0) is 19.1. The number of nitrogens with one attached hydrogen (secondary N) is 1. The molecule has 0 radical (unpaired) electrons. The molecule has 2 fully saturated rings. The largest absolute Gasteiger partial charge is 0.382 e. The van der Waals surface area contributed by atoms with Crippen molar-refractivity contribution in [3.8, 4) is 0 Å². The number of carbonyl (C=O) groups excluding carboxylic acids is 2. The molecule has 1 N–H and O–H groups in total. The third-order valence-corrected chi connectivity index (χ3v) is 6.00. The van der Waals surface area contributed by atoms with E-state index < -0.39 is 0 Å². The van der Waals surface area contributed by atoms with Gasteiger partial charge in [-0.15, -0.1) is 10.2 Å². The lowest BCUT2D eigenvalue weighted by Crippen LogP contribution is -2.43. The van der Waals surface area contributed by atoms with Gasteiger partial charge in [-0.05, 0) is 39.0 Å². The predicted molar refractivity (Wildman–Crippen MR) is 105 cm³/mol. The first-order chi connectivity index (χ1) is 13.2. The number of hydrogen-bond acceptors (Lipinski definition) is 7. The highest BCUT2D eigenvalue weighted by atomic mass is 32.1. The van der Waals surface area contributed by atoms with Gasteiger partial charge in [-0.2, -0.15) is 0 Å². The minimum atomic E-state index is -0.0326. The summed E-state index contributed by atoms with van der Waals surface area (Å²) in [6, 6.07) is 0. The molecular formula is C18H29N5O3S. The van der Waals surface area contributed by atoms with Gasteiger partial charge in [0.05, 0.1) is 5.92 Å². The molecular weight excluding hydrogens is 366 g/mol. The highest BCUT2D eigenvalue weighted by molar-refractivity contribution is 7.19. The summed E-state index contributed by atoms with van der Waals surface area (Å²) in [4.78, 5) is 28.4. The second kappa shape index (κ2) is 9.98. The van der Waals surface area contributed by atoms with Crippen molar-refractivity contribution in [2.75, 3.05) is 49.2 Å². The number of ether oxygens (including phenoxy) is 1. The maximum Gasteiger partial charge on any atom is 0.228 e. The molecule has 0 saturated carbocycles. The third kappa shape index (κ3) is 5.38. The molecule has 2 aliphatic heterocycles. The number of piperidine rings is 2. The molecule has 0 bridgehead atoms. The maximum atomic E-state index is 12.4. The number of carbonyl (C=O) groups is 2. The van der Waals surface area contributed by atoms with Gasteiger partial charge in [-0.25, -0.2) is 0 Å². The van der Waals surface area contributed by atoms with Gasteiger partial charge in [0.15, 0.2) is 0 Å². The molecule has 9 heteroatoms. The van der Waals surface area contributed by atoms with E-state index in [1.807, 2.05) is 6.92 Å². The summed E-state index contributed by atoms with van der Waals surface area (Å²) in [5.74, 6) is 0.203. The smallest absolute Gasteiger partial charge is 0.228 e. The van der Waals surface area contributed by atoms with Gasteiger partial charge in [0.25, 0.3) is 0 Å². The topological polar surface area (TPSA) is 87.7 Å². The Morgan fingerprint density at radius 2 is 2.11 bits per heavy atom. The minimum Gasteiger partial charge on any atom is -0.382 e. The quantitative estimate of drug-likeness (QED) is 0.676. The fourth-order valence-electron chi connectivity index (χ4n) is 3.49. The lowest BCUT2D eigenvalue weighted by Gasteiger charge is -2.31. The van der Waals surface area contributed by atoms with Crippen LogP contribution in [0.3, 0.4) is 0 Å². The van der Waals surface area contributed by atoms with Crippen LogP contribution in [0.25, 0.3) is 0 Å². The standard InChI is InChI=1S/C18H29N5O3S/c1-2-26-12-6-9-19-16(25)14-7-5-10-22(13-14)17-20-21-18(27-17)23-11-4-3-8-15(23)24/h14H,2-13H2,1H3,(H,19,25). The molecule has 1 unspecified atom stereocenters. The summed E-state index contributed by atoms with van der Waals surface area (Å²) in [5.41, 5.74) is 0. The van der Waals surface area contributed by atoms with Crippen LogP contribution < -0.4 is 15.1 Å². The predicted octanol–water partition coefficient (Wildman–Crippen LogP) is 1.81. The molecule has 0 spiro atoms. The van der Waals surface area contributed by atoms with E-state index in [9.17, 15) is 9.59 Å². The van der Waals surface area contributed by atoms with Crippen LogP contribution in [0, 0.1) is 5.92 Å². The van der Waals surface area contributed by atoms with Gasteiger partial charge in [0, 0.05) is 45.8 Å². The van der Waals surface area contributed by atoms with Gasteiger partial charge in [-0.3, -0.25) is 14.5 Å². The highest BCUT2D eigenvalue weighted by Crippen LogP contribution is 2.31. The Morgan fingerprint density at radius 1 is 1.26 bits per heavy atom. The summed E-state index contributed by atoms with van der Waals surface area (Å²) in [5, 5.41) is 13.0. The molecule has 0 aromatic carbocycles. The second-order valence-corrected chi connectivity index (χ2v) is 7.93. The molecule has 2 saturated heterocycles. The van der Waals surface area contributed by atoms with Crippen LogP contribution in [0.4, 0.5) is 10.3 Å². The van der Waals surface area contributed by atoms with E-state index in [1.54, 1.807) is 4.90 Å². The summed E-state index contributed by atoms with van der Waals surface area (Å²) >= 11 is 1.45. The molecule has 2 aliphatic rings. The normalized spacial score (nSPS) is 20.8. The van der Waals surface area contributed by atoms with Gasteiger partial charge < -0.3 is 15.0 Å². The van der Waals surface area contributed by atoms with Crippen molar-refractivity contribution in [3.05, 3.63) is 0 Å². The van der Waals surface area contributed by atoms with E-state index in [2.05, 4.69) is 20.4 Å². The van der Waals surface area contributed by atoms with Crippen molar-refractivity contribution >= 4 is 33.4 Å². The molecule has 1 aromatic heterocycles. The number of nitrogens with zero attached hydrogens (tertiary/aromatic N) is 4. The van der Waals surface area contributed by atoms with Crippen molar-refractivity contribution in [2.45, 2.75) is 45.4 Å². The number of aromatic nitrogens is 2. The summed E-state index contributed by atoms with van der Waals surface area (Å²) in [6.07, 6.45) is 5.23. The van der Waals surface area contributed by atoms with Crippen molar-refractivity contribution < 1.29 is 14.3 Å². The van der Waals surface area contributed by atoms with E-state index in [1.165, 1.54) is 11.3 Å². The van der Waals surface area contributed by atoms with Gasteiger partial charge >= 0.3 is 0 Å². The molecule has 150 valence electrons. The zero-order valence-corrected chi connectivity index (χ0v) is 16.8. The fourth-order valence-corrected chi connectivity index (χ4v) is 4.42. The summed E-state index contributed by atoms with van der Waals surface area (Å²) in [6.45, 7) is 6.25. The molecule has 1 atom stereocenters. The monoisotopic (exact) mass is 395 g/mol. The van der Waals surface area contributed by atoms with Gasteiger partial charge in [0.2, 0.25) is 22.1 Å². The molecule has 27 heavy (non-hydrogen) atoms. The highest BCUT2D eigenvalue weighted by Gasteiger charge is 2.29. The zero-order valence-electron chi connectivity index (χ0n) is 16.0. The van der Waals surface area contributed by atoms with E-state index in [0.29, 0.717) is 37.9 Å². The van der Waals surface area contributed by atoms with Crippen LogP contribution in [-0.4, -0.2) is 61.4 Å². The SMILES string of the molecule is CCOCCCNC(=O)C1CCCN(c2nnc(N3CCCCC3=O)s2)C1. The Labute approximate surface area is 164 Å². The number of anilines is 2. The Morgan fingerprint density at radius 3 is 2.93 bits per heavy atom. The van der Waals surface area contributed by atoms with Crippen molar-refractivity contribution in [1.82, 2.24) is 15.5 Å². The van der Waals surface area contributed by atoms with Crippen LogP contribution in [0.15, 0.2) is 0 Å². The Bertz CT molecular complexity index is 638. The van der Waals surface area contributed by atoms with Crippen molar-refractivity contribution in [3.63, 3.8) is 0 Å². The first-order valence-electron chi connectivity index (χ1n) is 9.93. The van der Waals surface area contributed by atoms with Crippen LogP contribution in [0.1, 0.15) is 45.4 Å². The first kappa shape index (κ1) is 20.0. The second-order valence-electron chi connectivity index (χ2n) is 7.00. The van der Waals surface area contributed by atoms with E-state index in [0.717, 1.165) is 50.3 Å². The van der Waals surface area contributed by atoms with Gasteiger partial charge in [-0.1, -0.05) is 11.3 Å². The van der Waals surface area contributed by atoms with E-state index in [-0.39, 0.29) is 17.7 Å². The van der Waals surface area contributed by atoms with E-state index in [4.69, 9.17) is 4.74 Å². The average molecular weight is 396 g/mol. The first-order valence-corrected chi connectivity index (χ1v) is 10.7. The Balaban J connectivity index is 1.52. The molecule has 3 rings (SSSR count). The molecule has 1 aromatic rings. The number of hydrogen-bond donors (Lipinski definition) is 1. The Hall–Kier alpha value is -1.74. The molecule has 3 heterocycles. The van der Waals surface area contributed by atoms with Crippen molar-refractivity contribution in [2.24, 2.45) is 5.92 Å². The molecule has 8 nitrogen and oxygen atoms in total. The minimum absolute atomic E-state index is 0.0326. The van der Waals surface area contributed by atoms with E-state index >= 15 is 0 Å². The van der Waals surface area contributed by atoms with Crippen LogP contribution in [-0.2, 0) is 14.3 Å². The van der Waals surface area contributed by atoms with Crippen LogP contribution in [0.5, 0.6) is 0 Å². The Kier molecular flexibility index (Phi) is 7.40. The van der Waals surface area contributed by atoms with Crippen LogP contribution >= 0.6 is 11.3 Å². The summed E-state index contributed by atoms with van der Waals surface area (Å²) in [7, 11) is 0. The summed E-state index contributed by atoms with van der Waals surface area (Å²) < 4.78 is 5.29. The lowest BCUT2D eigenvalue weighted by molar-refractivity contribution is -0.125. The van der Waals surface area contributed by atoms with Gasteiger partial charge in [0.1, 0.15) is 0 Å². The fraction of sp³-hybridized carbons (Fsp3) is 0.778.